The molecule has 4 aromatic rings. The summed E-state index contributed by atoms with van der Waals surface area (Å²) in [6.45, 7) is 7.32. The fourth-order valence-corrected chi connectivity index (χ4v) is 5.45. The number of carbonyl (C=O) groups excluding carboxylic acids is 1. The predicted octanol–water partition coefficient (Wildman–Crippen LogP) is 5.87. The van der Waals surface area contributed by atoms with E-state index in [9.17, 15) is 4.79 Å². The van der Waals surface area contributed by atoms with E-state index in [0.717, 1.165) is 27.7 Å². The van der Waals surface area contributed by atoms with E-state index in [0.29, 0.717) is 6.54 Å². The normalized spacial score (nSPS) is 19.8. The highest BCUT2D eigenvalue weighted by atomic mass is 16.2. The lowest BCUT2D eigenvalue weighted by Crippen LogP contribution is -2.50. The van der Waals surface area contributed by atoms with E-state index in [4.69, 9.17) is 0 Å². The maximum Gasteiger partial charge on any atom is 0.248 e. The zero-order chi connectivity index (χ0) is 20.7. The summed E-state index contributed by atoms with van der Waals surface area (Å²) in [5.41, 5.74) is 5.75. The van der Waals surface area contributed by atoms with Crippen LogP contribution in [0.2, 0.25) is 0 Å². The maximum absolute atomic E-state index is 14.5. The second kappa shape index (κ2) is 5.63. The van der Waals surface area contributed by atoms with Gasteiger partial charge in [0.15, 0.2) is 0 Å². The van der Waals surface area contributed by atoms with Crippen LogP contribution >= 0.6 is 0 Å². The van der Waals surface area contributed by atoms with Crippen molar-refractivity contribution in [1.82, 2.24) is 4.57 Å². The van der Waals surface area contributed by atoms with E-state index in [-0.39, 0.29) is 11.4 Å². The molecule has 3 heteroatoms. The van der Waals surface area contributed by atoms with Crippen molar-refractivity contribution < 1.29 is 4.79 Å². The molecule has 0 saturated heterocycles. The number of rotatable bonds is 1. The number of hydrogen-bond donors (Lipinski definition) is 0. The summed E-state index contributed by atoms with van der Waals surface area (Å²) in [6, 6.07) is 27.2. The summed E-state index contributed by atoms with van der Waals surface area (Å²) in [4.78, 5) is 16.9. The molecular formula is C27H24N2O. The van der Waals surface area contributed by atoms with Gasteiger partial charge in [0.2, 0.25) is 5.91 Å². The number of benzene rings is 3. The Balaban J connectivity index is 1.77. The molecule has 0 bridgehead atoms. The third-order valence-corrected chi connectivity index (χ3v) is 6.79. The van der Waals surface area contributed by atoms with E-state index < -0.39 is 5.41 Å². The van der Waals surface area contributed by atoms with Gasteiger partial charge in [0.25, 0.3) is 0 Å². The van der Waals surface area contributed by atoms with Crippen LogP contribution in [0.4, 0.5) is 5.69 Å². The molecule has 0 aliphatic carbocycles. The van der Waals surface area contributed by atoms with Crippen molar-refractivity contribution in [2.24, 2.45) is 0 Å². The molecule has 0 spiro atoms. The molecule has 0 fully saturated rings. The number of hydrogen-bond acceptors (Lipinski definition) is 2. The third kappa shape index (κ3) is 2.02. The van der Waals surface area contributed by atoms with E-state index in [1.165, 1.54) is 11.3 Å². The third-order valence-electron chi connectivity index (χ3n) is 6.79. The first-order valence-corrected chi connectivity index (χ1v) is 10.6. The van der Waals surface area contributed by atoms with Gasteiger partial charge in [0.1, 0.15) is 5.41 Å². The SMILES string of the molecule is CC(C)(C)N1CC2(c3ccccc3)C(=O)n3c(cc4ccccc43)-c3cccc1c32. The van der Waals surface area contributed by atoms with E-state index in [1.807, 2.05) is 34.9 Å². The summed E-state index contributed by atoms with van der Waals surface area (Å²) in [7, 11) is 0. The molecule has 0 amide bonds. The van der Waals surface area contributed by atoms with Crippen molar-refractivity contribution in [2.75, 3.05) is 11.4 Å². The summed E-state index contributed by atoms with van der Waals surface area (Å²) < 4.78 is 1.96. The van der Waals surface area contributed by atoms with Crippen LogP contribution in [-0.4, -0.2) is 22.6 Å². The first-order valence-electron chi connectivity index (χ1n) is 10.6. The van der Waals surface area contributed by atoms with Crippen LogP contribution in [0.3, 0.4) is 0 Å². The fourth-order valence-electron chi connectivity index (χ4n) is 5.45. The molecule has 6 rings (SSSR count). The first-order chi connectivity index (χ1) is 14.4. The van der Waals surface area contributed by atoms with Gasteiger partial charge in [0, 0.05) is 34.3 Å². The highest BCUT2D eigenvalue weighted by Gasteiger charge is 2.56. The molecule has 3 aromatic carbocycles. The van der Waals surface area contributed by atoms with E-state index in [2.05, 4.69) is 74.2 Å². The van der Waals surface area contributed by atoms with Crippen molar-refractivity contribution in [2.45, 2.75) is 31.7 Å². The first kappa shape index (κ1) is 17.5. The Morgan fingerprint density at radius 2 is 1.60 bits per heavy atom. The Hall–Kier alpha value is -3.33. The molecule has 3 heterocycles. The lowest BCUT2D eigenvalue weighted by Gasteiger charge is -2.38. The second-order valence-electron chi connectivity index (χ2n) is 9.46. The maximum atomic E-state index is 14.5. The predicted molar refractivity (Wildman–Crippen MR) is 122 cm³/mol. The Morgan fingerprint density at radius 3 is 2.37 bits per heavy atom. The van der Waals surface area contributed by atoms with Crippen LogP contribution in [0.25, 0.3) is 22.2 Å². The van der Waals surface area contributed by atoms with Crippen molar-refractivity contribution >= 4 is 22.5 Å². The van der Waals surface area contributed by atoms with Crippen molar-refractivity contribution in [3.8, 4) is 11.3 Å². The topological polar surface area (TPSA) is 25.2 Å². The van der Waals surface area contributed by atoms with Crippen LogP contribution in [0.15, 0.2) is 78.9 Å². The van der Waals surface area contributed by atoms with Gasteiger partial charge in [0.05, 0.1) is 11.2 Å². The van der Waals surface area contributed by atoms with Gasteiger partial charge in [-0.15, -0.1) is 0 Å². The number of fused-ring (bicyclic) bond motifs is 4. The largest absolute Gasteiger partial charge is 0.365 e. The van der Waals surface area contributed by atoms with Crippen LogP contribution in [-0.2, 0) is 5.41 Å². The van der Waals surface area contributed by atoms with Gasteiger partial charge in [-0.2, -0.15) is 0 Å². The Morgan fingerprint density at radius 1 is 0.867 bits per heavy atom. The summed E-state index contributed by atoms with van der Waals surface area (Å²) >= 11 is 0. The molecule has 1 atom stereocenters. The van der Waals surface area contributed by atoms with Crippen LogP contribution in [0.5, 0.6) is 0 Å². The minimum atomic E-state index is -0.713. The van der Waals surface area contributed by atoms with Gasteiger partial charge in [-0.05, 0) is 44.5 Å². The lowest BCUT2D eigenvalue weighted by molar-refractivity contribution is 0.0836. The lowest BCUT2D eigenvalue weighted by atomic mass is 9.71. The van der Waals surface area contributed by atoms with Gasteiger partial charge in [-0.25, -0.2) is 0 Å². The zero-order valence-corrected chi connectivity index (χ0v) is 17.5. The molecule has 2 aliphatic rings. The van der Waals surface area contributed by atoms with E-state index in [1.54, 1.807) is 0 Å². The number of carbonyl (C=O) groups is 1. The summed E-state index contributed by atoms with van der Waals surface area (Å²) in [5, 5.41) is 1.11. The average Bonchev–Trinajstić information content (AvgIpc) is 3.31. The molecule has 0 radical (unpaired) electrons. The molecule has 1 aromatic heterocycles. The van der Waals surface area contributed by atoms with Gasteiger partial charge in [-0.1, -0.05) is 60.7 Å². The Bertz CT molecular complexity index is 1330. The van der Waals surface area contributed by atoms with Crippen LogP contribution < -0.4 is 4.90 Å². The smallest absolute Gasteiger partial charge is 0.248 e. The van der Waals surface area contributed by atoms with Gasteiger partial charge in [-0.3, -0.25) is 9.36 Å². The summed E-state index contributed by atoms with van der Waals surface area (Å²) in [6.07, 6.45) is 0. The van der Waals surface area contributed by atoms with Crippen molar-refractivity contribution in [3.05, 3.63) is 90.0 Å². The van der Waals surface area contributed by atoms with E-state index >= 15 is 0 Å². The highest BCUT2D eigenvalue weighted by Crippen LogP contribution is 2.55. The minimum Gasteiger partial charge on any atom is -0.365 e. The van der Waals surface area contributed by atoms with Crippen molar-refractivity contribution in [1.29, 1.82) is 0 Å². The number of aromatic nitrogens is 1. The average molecular weight is 393 g/mol. The Labute approximate surface area is 176 Å². The molecular weight excluding hydrogens is 368 g/mol. The molecule has 148 valence electrons. The molecule has 30 heavy (non-hydrogen) atoms. The van der Waals surface area contributed by atoms with Crippen LogP contribution in [0.1, 0.15) is 36.7 Å². The van der Waals surface area contributed by atoms with Crippen LogP contribution in [0, 0.1) is 0 Å². The number of anilines is 1. The number of para-hydroxylation sites is 1. The molecule has 3 nitrogen and oxygen atoms in total. The fraction of sp³-hybridized carbons (Fsp3) is 0.222. The number of nitrogens with zero attached hydrogens (tertiary/aromatic N) is 2. The van der Waals surface area contributed by atoms with Crippen molar-refractivity contribution in [3.63, 3.8) is 0 Å². The molecule has 0 saturated carbocycles. The minimum absolute atomic E-state index is 0.0920. The summed E-state index contributed by atoms with van der Waals surface area (Å²) in [5.74, 6) is 0.150. The molecule has 0 N–H and O–H groups in total. The standard InChI is InChI=1S/C27H24N2O/c1-26(2,3)28-17-27(19-11-5-4-6-12-19)24-20(13-9-15-22(24)28)23-16-18-10-7-8-14-21(18)29(23)25(27)30/h4-16H,17H2,1-3H3. The van der Waals surface area contributed by atoms with Gasteiger partial charge >= 0.3 is 0 Å². The van der Waals surface area contributed by atoms with Gasteiger partial charge < -0.3 is 4.90 Å². The Kier molecular flexibility index (Phi) is 3.29. The molecule has 2 aliphatic heterocycles. The molecule has 1 unspecified atom stereocenters. The monoisotopic (exact) mass is 392 g/mol. The zero-order valence-electron chi connectivity index (χ0n) is 17.5. The second-order valence-corrected chi connectivity index (χ2v) is 9.46. The highest BCUT2D eigenvalue weighted by molar-refractivity contribution is 6.11. The quantitative estimate of drug-likeness (QED) is 0.405.